The van der Waals surface area contributed by atoms with E-state index in [2.05, 4.69) is 5.32 Å². The zero-order chi connectivity index (χ0) is 12.1. The smallest absolute Gasteiger partial charge is 0.218 e. The number of benzene rings is 1. The molecule has 0 fully saturated rings. The molecule has 1 aromatic carbocycles. The van der Waals surface area contributed by atoms with E-state index in [1.54, 1.807) is 12.1 Å². The van der Waals surface area contributed by atoms with E-state index in [0.29, 0.717) is 18.0 Å². The highest BCUT2D eigenvalue weighted by Crippen LogP contribution is 2.23. The summed E-state index contributed by atoms with van der Waals surface area (Å²) in [6.07, 6.45) is 0.297. The SMILES string of the molecule is CC(CC(N)=O)NCc1ccc(O)c(Cl)c1. The number of rotatable bonds is 5. The Kier molecular flexibility index (Phi) is 4.58. The largest absolute Gasteiger partial charge is 0.506 e. The van der Waals surface area contributed by atoms with Crippen molar-refractivity contribution in [3.63, 3.8) is 0 Å². The van der Waals surface area contributed by atoms with E-state index in [-0.39, 0.29) is 17.7 Å². The summed E-state index contributed by atoms with van der Waals surface area (Å²) in [5.74, 6) is -0.265. The minimum absolute atomic E-state index is 0.0186. The summed E-state index contributed by atoms with van der Waals surface area (Å²) < 4.78 is 0. The highest BCUT2D eigenvalue weighted by atomic mass is 35.5. The number of aromatic hydroxyl groups is 1. The molecule has 0 bridgehead atoms. The third-order valence-electron chi connectivity index (χ3n) is 2.17. The van der Waals surface area contributed by atoms with E-state index >= 15 is 0 Å². The highest BCUT2D eigenvalue weighted by molar-refractivity contribution is 6.32. The standard InChI is InChI=1S/C11H15ClN2O2/c1-7(4-11(13)16)14-6-8-2-3-10(15)9(12)5-8/h2-3,5,7,14-15H,4,6H2,1H3,(H2,13,16). The van der Waals surface area contributed by atoms with Crippen molar-refractivity contribution >= 4 is 17.5 Å². The van der Waals surface area contributed by atoms with Gasteiger partial charge in [-0.25, -0.2) is 0 Å². The van der Waals surface area contributed by atoms with Crippen molar-refractivity contribution in [1.29, 1.82) is 0 Å². The molecular formula is C11H15ClN2O2. The van der Waals surface area contributed by atoms with Crippen molar-refractivity contribution in [2.45, 2.75) is 25.9 Å². The fraction of sp³-hybridized carbons (Fsp3) is 0.364. The summed E-state index contributed by atoms with van der Waals surface area (Å²) in [4.78, 5) is 10.6. The summed E-state index contributed by atoms with van der Waals surface area (Å²) in [5.41, 5.74) is 6.02. The maximum absolute atomic E-state index is 10.6. The van der Waals surface area contributed by atoms with Crippen LogP contribution >= 0.6 is 11.6 Å². The van der Waals surface area contributed by atoms with Gasteiger partial charge in [0.15, 0.2) is 0 Å². The van der Waals surface area contributed by atoms with Crippen molar-refractivity contribution in [3.05, 3.63) is 28.8 Å². The first kappa shape index (κ1) is 12.8. The summed E-state index contributed by atoms with van der Waals surface area (Å²) in [6.45, 7) is 2.46. The lowest BCUT2D eigenvalue weighted by Gasteiger charge is -2.12. The minimum Gasteiger partial charge on any atom is -0.506 e. The van der Waals surface area contributed by atoms with Crippen LogP contribution < -0.4 is 11.1 Å². The van der Waals surface area contributed by atoms with E-state index in [0.717, 1.165) is 5.56 Å². The van der Waals surface area contributed by atoms with Gasteiger partial charge in [-0.3, -0.25) is 4.79 Å². The molecule has 0 saturated carbocycles. The molecule has 0 aliphatic carbocycles. The average Bonchev–Trinajstić information content (AvgIpc) is 2.19. The molecule has 4 N–H and O–H groups in total. The molecule has 0 aromatic heterocycles. The van der Waals surface area contributed by atoms with E-state index in [1.165, 1.54) is 6.07 Å². The van der Waals surface area contributed by atoms with Gasteiger partial charge in [0, 0.05) is 19.0 Å². The summed E-state index contributed by atoms with van der Waals surface area (Å²) in [6, 6.07) is 5.01. The molecule has 1 aromatic rings. The number of halogens is 1. The maximum atomic E-state index is 10.6. The number of phenolic OH excluding ortho intramolecular Hbond substituents is 1. The molecule has 1 unspecified atom stereocenters. The molecule has 1 amide bonds. The van der Waals surface area contributed by atoms with Gasteiger partial charge in [0.1, 0.15) is 5.75 Å². The van der Waals surface area contributed by atoms with Crippen LogP contribution in [0.4, 0.5) is 0 Å². The second kappa shape index (κ2) is 5.72. The molecule has 0 aliphatic rings. The van der Waals surface area contributed by atoms with Crippen LogP contribution in [0.25, 0.3) is 0 Å². The van der Waals surface area contributed by atoms with Gasteiger partial charge in [0.05, 0.1) is 5.02 Å². The van der Waals surface area contributed by atoms with Crippen molar-refractivity contribution < 1.29 is 9.90 Å². The number of carbonyl (C=O) groups is 1. The van der Waals surface area contributed by atoms with Crippen LogP contribution in [0.3, 0.4) is 0 Å². The molecule has 88 valence electrons. The number of hydrogen-bond acceptors (Lipinski definition) is 3. The molecular weight excluding hydrogens is 228 g/mol. The van der Waals surface area contributed by atoms with Gasteiger partial charge >= 0.3 is 0 Å². The van der Waals surface area contributed by atoms with Crippen LogP contribution in [0, 0.1) is 0 Å². The molecule has 1 rings (SSSR count). The lowest BCUT2D eigenvalue weighted by atomic mass is 10.2. The summed E-state index contributed by atoms with van der Waals surface area (Å²) in [7, 11) is 0. The van der Waals surface area contributed by atoms with Crippen LogP contribution in [0.1, 0.15) is 18.9 Å². The van der Waals surface area contributed by atoms with Gasteiger partial charge < -0.3 is 16.2 Å². The Morgan fingerprint density at radius 2 is 2.31 bits per heavy atom. The van der Waals surface area contributed by atoms with Crippen molar-refractivity contribution in [2.75, 3.05) is 0 Å². The van der Waals surface area contributed by atoms with Crippen molar-refractivity contribution in [2.24, 2.45) is 5.73 Å². The molecule has 0 saturated heterocycles. The van der Waals surface area contributed by atoms with Crippen LogP contribution in [0.15, 0.2) is 18.2 Å². The van der Waals surface area contributed by atoms with Gasteiger partial charge in [-0.05, 0) is 24.6 Å². The molecule has 16 heavy (non-hydrogen) atoms. The van der Waals surface area contributed by atoms with Gasteiger partial charge in [-0.2, -0.15) is 0 Å². The number of carbonyl (C=O) groups excluding carboxylic acids is 1. The van der Waals surface area contributed by atoms with Crippen LogP contribution in [-0.4, -0.2) is 17.1 Å². The van der Waals surface area contributed by atoms with E-state index in [4.69, 9.17) is 17.3 Å². The Morgan fingerprint density at radius 1 is 1.62 bits per heavy atom. The monoisotopic (exact) mass is 242 g/mol. The van der Waals surface area contributed by atoms with Crippen LogP contribution in [-0.2, 0) is 11.3 Å². The summed E-state index contributed by atoms with van der Waals surface area (Å²) in [5, 5.41) is 12.7. The zero-order valence-electron chi connectivity index (χ0n) is 9.03. The molecule has 0 aliphatic heterocycles. The predicted molar refractivity (Wildman–Crippen MR) is 63.2 cm³/mol. The fourth-order valence-electron chi connectivity index (χ4n) is 1.33. The number of hydrogen-bond donors (Lipinski definition) is 3. The van der Waals surface area contributed by atoms with Crippen molar-refractivity contribution in [3.8, 4) is 5.75 Å². The second-order valence-corrected chi connectivity index (χ2v) is 4.15. The van der Waals surface area contributed by atoms with Gasteiger partial charge in [-0.1, -0.05) is 17.7 Å². The van der Waals surface area contributed by atoms with Gasteiger partial charge in [0.25, 0.3) is 0 Å². The Bertz CT molecular complexity index is 382. The first-order valence-corrected chi connectivity index (χ1v) is 5.36. The number of nitrogens with two attached hydrogens (primary N) is 1. The Hall–Kier alpha value is -1.26. The van der Waals surface area contributed by atoms with E-state index in [9.17, 15) is 9.90 Å². The number of primary amides is 1. The quantitative estimate of drug-likeness (QED) is 0.731. The second-order valence-electron chi connectivity index (χ2n) is 3.74. The number of phenols is 1. The normalized spacial score (nSPS) is 12.4. The molecule has 0 spiro atoms. The third kappa shape index (κ3) is 4.08. The Balaban J connectivity index is 2.48. The van der Waals surface area contributed by atoms with Gasteiger partial charge in [-0.15, -0.1) is 0 Å². The Morgan fingerprint density at radius 3 is 2.88 bits per heavy atom. The summed E-state index contributed by atoms with van der Waals surface area (Å²) >= 11 is 5.76. The molecule has 4 nitrogen and oxygen atoms in total. The zero-order valence-corrected chi connectivity index (χ0v) is 9.79. The van der Waals surface area contributed by atoms with E-state index in [1.807, 2.05) is 6.92 Å². The fourth-order valence-corrected chi connectivity index (χ4v) is 1.53. The van der Waals surface area contributed by atoms with E-state index < -0.39 is 0 Å². The van der Waals surface area contributed by atoms with Gasteiger partial charge in [0.2, 0.25) is 5.91 Å². The highest BCUT2D eigenvalue weighted by Gasteiger charge is 2.06. The lowest BCUT2D eigenvalue weighted by Crippen LogP contribution is -2.30. The van der Waals surface area contributed by atoms with Crippen LogP contribution in [0.5, 0.6) is 5.75 Å². The minimum atomic E-state index is -0.330. The predicted octanol–water partition coefficient (Wildman–Crippen LogP) is 1.40. The first-order chi connectivity index (χ1) is 7.49. The maximum Gasteiger partial charge on any atom is 0.218 e. The molecule has 1 atom stereocenters. The van der Waals surface area contributed by atoms with Crippen molar-refractivity contribution in [1.82, 2.24) is 5.32 Å². The average molecular weight is 243 g/mol. The topological polar surface area (TPSA) is 75.4 Å². The Labute approximate surface area is 99.4 Å². The molecule has 0 radical (unpaired) electrons. The van der Waals surface area contributed by atoms with Crippen LogP contribution in [0.2, 0.25) is 5.02 Å². The lowest BCUT2D eigenvalue weighted by molar-refractivity contribution is -0.118. The molecule has 0 heterocycles. The first-order valence-electron chi connectivity index (χ1n) is 4.98. The molecule has 5 heteroatoms. The third-order valence-corrected chi connectivity index (χ3v) is 2.48. The number of nitrogens with one attached hydrogen (secondary N) is 1. The number of amides is 1.